The van der Waals surface area contributed by atoms with Crippen LogP contribution in [0.25, 0.3) is 0 Å². The number of hydrogen-bond acceptors (Lipinski definition) is 3. The highest BCUT2D eigenvalue weighted by Gasteiger charge is 2.18. The van der Waals surface area contributed by atoms with E-state index in [-0.39, 0.29) is 5.91 Å². The largest absolute Gasteiger partial charge is 0.332 e. The fraction of sp³-hybridized carbons (Fsp3) is 0.800. The molecular weight excluding hydrogens is 238 g/mol. The Bertz CT molecular complexity index is 355. The van der Waals surface area contributed by atoms with Crippen LogP contribution in [-0.2, 0) is 4.79 Å². The Labute approximate surface area is 116 Å². The van der Waals surface area contributed by atoms with E-state index in [2.05, 4.69) is 35.6 Å². The third-order valence-electron chi connectivity index (χ3n) is 4.16. The minimum atomic E-state index is 0.0148. The van der Waals surface area contributed by atoms with Crippen molar-refractivity contribution in [3.8, 4) is 11.8 Å². The Kier molecular flexibility index (Phi) is 5.24. The molecule has 2 saturated heterocycles. The molecule has 2 heterocycles. The SMILES string of the molecule is CC1CCN(C(=O)C#CCN2CCN(C)CC2)CC1. The maximum Gasteiger partial charge on any atom is 0.298 e. The molecule has 0 aromatic carbocycles. The first-order valence-electron chi connectivity index (χ1n) is 7.34. The van der Waals surface area contributed by atoms with Gasteiger partial charge in [0.1, 0.15) is 0 Å². The lowest BCUT2D eigenvalue weighted by atomic mass is 9.99. The summed E-state index contributed by atoms with van der Waals surface area (Å²) in [4.78, 5) is 18.5. The van der Waals surface area contributed by atoms with E-state index >= 15 is 0 Å². The molecular formula is C15H25N3O. The summed E-state index contributed by atoms with van der Waals surface area (Å²) in [6.45, 7) is 9.04. The van der Waals surface area contributed by atoms with Crippen LogP contribution in [-0.4, -0.2) is 73.5 Å². The second kappa shape index (κ2) is 6.93. The van der Waals surface area contributed by atoms with Crippen molar-refractivity contribution in [1.29, 1.82) is 0 Å². The zero-order valence-electron chi connectivity index (χ0n) is 12.2. The molecule has 0 aromatic rings. The van der Waals surface area contributed by atoms with Crippen LogP contribution in [0.15, 0.2) is 0 Å². The van der Waals surface area contributed by atoms with E-state index in [0.29, 0.717) is 0 Å². The predicted molar refractivity (Wildman–Crippen MR) is 76.7 cm³/mol. The molecule has 2 fully saturated rings. The van der Waals surface area contributed by atoms with Gasteiger partial charge in [0.25, 0.3) is 5.91 Å². The van der Waals surface area contributed by atoms with Gasteiger partial charge in [-0.1, -0.05) is 12.8 Å². The van der Waals surface area contributed by atoms with Gasteiger partial charge in [-0.3, -0.25) is 9.69 Å². The van der Waals surface area contributed by atoms with E-state index in [4.69, 9.17) is 0 Å². The van der Waals surface area contributed by atoms with E-state index in [9.17, 15) is 4.79 Å². The number of piperazine rings is 1. The molecule has 0 radical (unpaired) electrons. The van der Waals surface area contributed by atoms with Gasteiger partial charge in [-0.15, -0.1) is 0 Å². The lowest BCUT2D eigenvalue weighted by Gasteiger charge is -2.31. The van der Waals surface area contributed by atoms with Gasteiger partial charge in [-0.25, -0.2) is 0 Å². The topological polar surface area (TPSA) is 26.8 Å². The summed E-state index contributed by atoms with van der Waals surface area (Å²) < 4.78 is 0. The molecule has 4 heteroatoms. The minimum absolute atomic E-state index is 0.0148. The molecule has 19 heavy (non-hydrogen) atoms. The maximum absolute atomic E-state index is 11.9. The number of likely N-dealkylation sites (tertiary alicyclic amines) is 1. The summed E-state index contributed by atoms with van der Waals surface area (Å²) in [6.07, 6.45) is 2.23. The third kappa shape index (κ3) is 4.52. The first kappa shape index (κ1) is 14.4. The maximum atomic E-state index is 11.9. The molecule has 2 aliphatic heterocycles. The van der Waals surface area contributed by atoms with Crippen molar-refractivity contribution in [2.24, 2.45) is 5.92 Å². The number of likely N-dealkylation sites (N-methyl/N-ethyl adjacent to an activating group) is 1. The molecule has 106 valence electrons. The van der Waals surface area contributed by atoms with Crippen molar-refractivity contribution in [2.45, 2.75) is 19.8 Å². The number of hydrogen-bond donors (Lipinski definition) is 0. The average molecular weight is 263 g/mol. The van der Waals surface area contributed by atoms with Crippen LogP contribution in [0.4, 0.5) is 0 Å². The number of nitrogens with zero attached hydrogens (tertiary/aromatic N) is 3. The van der Waals surface area contributed by atoms with E-state index < -0.39 is 0 Å². The summed E-state index contributed by atoms with van der Waals surface area (Å²) in [6, 6.07) is 0. The summed E-state index contributed by atoms with van der Waals surface area (Å²) in [5.74, 6) is 6.62. The molecule has 0 aromatic heterocycles. The molecule has 0 saturated carbocycles. The fourth-order valence-electron chi connectivity index (χ4n) is 2.52. The highest BCUT2D eigenvalue weighted by Crippen LogP contribution is 2.15. The molecule has 2 rings (SSSR count). The number of rotatable bonds is 1. The Balaban J connectivity index is 1.72. The highest BCUT2D eigenvalue weighted by atomic mass is 16.2. The molecule has 2 aliphatic rings. The van der Waals surface area contributed by atoms with Crippen LogP contribution in [0, 0.1) is 17.8 Å². The molecule has 0 N–H and O–H groups in total. The van der Waals surface area contributed by atoms with Crippen LogP contribution < -0.4 is 0 Å². The van der Waals surface area contributed by atoms with Gasteiger partial charge in [0.15, 0.2) is 0 Å². The van der Waals surface area contributed by atoms with Crippen molar-refractivity contribution >= 4 is 5.91 Å². The van der Waals surface area contributed by atoms with Crippen molar-refractivity contribution in [1.82, 2.24) is 14.7 Å². The summed E-state index contributed by atoms with van der Waals surface area (Å²) in [5, 5.41) is 0. The van der Waals surface area contributed by atoms with Crippen LogP contribution >= 0.6 is 0 Å². The lowest BCUT2D eigenvalue weighted by Crippen LogP contribution is -2.44. The number of carbonyl (C=O) groups excluding carboxylic acids is 1. The Hall–Kier alpha value is -1.05. The molecule has 0 atom stereocenters. The van der Waals surface area contributed by atoms with E-state index in [1.807, 2.05) is 4.90 Å². The van der Waals surface area contributed by atoms with Gasteiger partial charge in [0.2, 0.25) is 0 Å². The Morgan fingerprint density at radius 2 is 1.74 bits per heavy atom. The number of carbonyl (C=O) groups is 1. The summed E-state index contributed by atoms with van der Waals surface area (Å²) >= 11 is 0. The molecule has 0 aliphatic carbocycles. The Morgan fingerprint density at radius 3 is 2.37 bits per heavy atom. The van der Waals surface area contributed by atoms with Crippen LogP contribution in [0.3, 0.4) is 0 Å². The van der Waals surface area contributed by atoms with Gasteiger partial charge >= 0.3 is 0 Å². The predicted octanol–water partition coefficient (Wildman–Crippen LogP) is 0.496. The zero-order valence-corrected chi connectivity index (χ0v) is 12.2. The third-order valence-corrected chi connectivity index (χ3v) is 4.16. The van der Waals surface area contributed by atoms with Crippen molar-refractivity contribution in [2.75, 3.05) is 52.9 Å². The second-order valence-corrected chi connectivity index (χ2v) is 5.86. The molecule has 0 unspecified atom stereocenters. The van der Waals surface area contributed by atoms with Crippen molar-refractivity contribution in [3.63, 3.8) is 0 Å². The monoisotopic (exact) mass is 263 g/mol. The molecule has 4 nitrogen and oxygen atoms in total. The summed E-state index contributed by atoms with van der Waals surface area (Å²) in [7, 11) is 2.14. The van der Waals surface area contributed by atoms with Gasteiger partial charge in [0, 0.05) is 39.3 Å². The highest BCUT2D eigenvalue weighted by molar-refractivity contribution is 5.93. The second-order valence-electron chi connectivity index (χ2n) is 5.86. The van der Waals surface area contributed by atoms with Gasteiger partial charge < -0.3 is 9.80 Å². The quantitative estimate of drug-likeness (QED) is 0.645. The van der Waals surface area contributed by atoms with Crippen LogP contribution in [0.1, 0.15) is 19.8 Å². The zero-order chi connectivity index (χ0) is 13.7. The van der Waals surface area contributed by atoms with E-state index in [0.717, 1.165) is 64.6 Å². The first-order valence-corrected chi connectivity index (χ1v) is 7.34. The number of amides is 1. The fourth-order valence-corrected chi connectivity index (χ4v) is 2.52. The lowest BCUT2D eigenvalue weighted by molar-refractivity contribution is -0.126. The van der Waals surface area contributed by atoms with E-state index in [1.54, 1.807) is 0 Å². The van der Waals surface area contributed by atoms with Gasteiger partial charge in [-0.05, 0) is 31.7 Å². The normalized spacial score (nSPS) is 22.9. The van der Waals surface area contributed by atoms with Crippen molar-refractivity contribution < 1.29 is 4.79 Å². The minimum Gasteiger partial charge on any atom is -0.332 e. The number of piperidine rings is 1. The molecule has 0 bridgehead atoms. The standard InChI is InChI=1S/C15H25N3O/c1-14-5-8-18(9-6-14)15(19)4-3-7-17-12-10-16(2)11-13-17/h14H,5-13H2,1-2H3. The Morgan fingerprint density at radius 1 is 1.11 bits per heavy atom. The first-order chi connectivity index (χ1) is 9.15. The van der Waals surface area contributed by atoms with Crippen LogP contribution in [0.2, 0.25) is 0 Å². The molecule has 0 spiro atoms. The summed E-state index contributed by atoms with van der Waals surface area (Å²) in [5.41, 5.74) is 0. The smallest absolute Gasteiger partial charge is 0.298 e. The van der Waals surface area contributed by atoms with Crippen molar-refractivity contribution in [3.05, 3.63) is 0 Å². The van der Waals surface area contributed by atoms with Crippen LogP contribution in [0.5, 0.6) is 0 Å². The molecule has 1 amide bonds. The van der Waals surface area contributed by atoms with Gasteiger partial charge in [0.05, 0.1) is 6.54 Å². The van der Waals surface area contributed by atoms with Gasteiger partial charge in [-0.2, -0.15) is 0 Å². The average Bonchev–Trinajstić information content (AvgIpc) is 2.41. The van der Waals surface area contributed by atoms with E-state index in [1.165, 1.54) is 0 Å².